The van der Waals surface area contributed by atoms with Crippen LogP contribution in [0.4, 0.5) is 0 Å². The van der Waals surface area contributed by atoms with Gasteiger partial charge >= 0.3 is 0 Å². The third-order valence-electron chi connectivity index (χ3n) is 2.53. The molecule has 0 aromatic heterocycles. The molecule has 1 N–H and O–H groups in total. The fraction of sp³-hybridized carbons (Fsp3) is 0.571. The SMILES string of the molecule is CCCNCC(COC)OCc1cccc(Br)c1. The average molecular weight is 316 g/mol. The summed E-state index contributed by atoms with van der Waals surface area (Å²) >= 11 is 3.46. The number of hydrogen-bond acceptors (Lipinski definition) is 3. The third kappa shape index (κ3) is 6.50. The molecule has 3 nitrogen and oxygen atoms in total. The molecule has 1 aromatic rings. The summed E-state index contributed by atoms with van der Waals surface area (Å²) in [5.74, 6) is 0. The van der Waals surface area contributed by atoms with Gasteiger partial charge in [0.2, 0.25) is 0 Å². The van der Waals surface area contributed by atoms with Gasteiger partial charge in [0.1, 0.15) is 0 Å². The zero-order valence-corrected chi connectivity index (χ0v) is 12.7. The number of benzene rings is 1. The van der Waals surface area contributed by atoms with Crippen molar-refractivity contribution in [3.05, 3.63) is 34.3 Å². The van der Waals surface area contributed by atoms with E-state index in [9.17, 15) is 0 Å². The Morgan fingerprint density at radius 1 is 1.39 bits per heavy atom. The Morgan fingerprint density at radius 2 is 2.22 bits per heavy atom. The van der Waals surface area contributed by atoms with E-state index in [1.54, 1.807) is 7.11 Å². The molecule has 0 aliphatic rings. The van der Waals surface area contributed by atoms with Crippen molar-refractivity contribution in [2.24, 2.45) is 0 Å². The molecule has 0 aliphatic carbocycles. The van der Waals surface area contributed by atoms with Crippen LogP contribution in [-0.4, -0.2) is 32.9 Å². The summed E-state index contributed by atoms with van der Waals surface area (Å²) in [7, 11) is 1.70. The van der Waals surface area contributed by atoms with Gasteiger partial charge in [-0.3, -0.25) is 0 Å². The molecule has 0 aliphatic heterocycles. The van der Waals surface area contributed by atoms with Crippen molar-refractivity contribution in [1.82, 2.24) is 5.32 Å². The first-order chi connectivity index (χ1) is 8.76. The molecule has 1 aromatic carbocycles. The predicted octanol–water partition coefficient (Wildman–Crippen LogP) is 2.98. The highest BCUT2D eigenvalue weighted by molar-refractivity contribution is 9.10. The molecule has 0 spiro atoms. The van der Waals surface area contributed by atoms with Gasteiger partial charge in [0.05, 0.1) is 19.3 Å². The van der Waals surface area contributed by atoms with Crippen LogP contribution in [0, 0.1) is 0 Å². The predicted molar refractivity (Wildman–Crippen MR) is 77.8 cm³/mol. The van der Waals surface area contributed by atoms with Crippen LogP contribution in [0.3, 0.4) is 0 Å². The van der Waals surface area contributed by atoms with Gasteiger partial charge in [0, 0.05) is 18.1 Å². The smallest absolute Gasteiger partial charge is 0.0936 e. The number of rotatable bonds is 9. The van der Waals surface area contributed by atoms with Crippen LogP contribution >= 0.6 is 15.9 Å². The molecule has 0 bridgehead atoms. The van der Waals surface area contributed by atoms with Gasteiger partial charge < -0.3 is 14.8 Å². The lowest BCUT2D eigenvalue weighted by Crippen LogP contribution is -2.33. The van der Waals surface area contributed by atoms with Gasteiger partial charge in [0.15, 0.2) is 0 Å². The van der Waals surface area contributed by atoms with Crippen LogP contribution in [-0.2, 0) is 16.1 Å². The van der Waals surface area contributed by atoms with E-state index in [0.717, 1.165) is 24.0 Å². The van der Waals surface area contributed by atoms with Gasteiger partial charge in [-0.1, -0.05) is 35.0 Å². The number of methoxy groups -OCH3 is 1. The minimum absolute atomic E-state index is 0.0977. The van der Waals surface area contributed by atoms with Gasteiger partial charge in [-0.15, -0.1) is 0 Å². The molecule has 1 unspecified atom stereocenters. The first-order valence-electron chi connectivity index (χ1n) is 6.32. The van der Waals surface area contributed by atoms with E-state index in [2.05, 4.69) is 40.3 Å². The number of halogens is 1. The third-order valence-corrected chi connectivity index (χ3v) is 3.02. The van der Waals surface area contributed by atoms with Crippen LogP contribution in [0.25, 0.3) is 0 Å². The number of hydrogen-bond donors (Lipinski definition) is 1. The van der Waals surface area contributed by atoms with Gasteiger partial charge in [-0.05, 0) is 30.7 Å². The molecule has 18 heavy (non-hydrogen) atoms. The maximum Gasteiger partial charge on any atom is 0.0936 e. The fourth-order valence-corrected chi connectivity index (χ4v) is 2.08. The minimum Gasteiger partial charge on any atom is -0.382 e. The average Bonchev–Trinajstić information content (AvgIpc) is 2.36. The van der Waals surface area contributed by atoms with E-state index in [-0.39, 0.29) is 6.10 Å². The van der Waals surface area contributed by atoms with Crippen LogP contribution in [0.1, 0.15) is 18.9 Å². The van der Waals surface area contributed by atoms with E-state index >= 15 is 0 Å². The minimum atomic E-state index is 0.0977. The number of ether oxygens (including phenoxy) is 2. The standard InChI is InChI=1S/C14H22BrNO2/c1-3-7-16-9-14(11-17-2)18-10-12-5-4-6-13(15)8-12/h4-6,8,14,16H,3,7,9-11H2,1-2H3. The molecule has 0 amide bonds. The normalized spacial score (nSPS) is 12.6. The maximum absolute atomic E-state index is 5.86. The lowest BCUT2D eigenvalue weighted by Gasteiger charge is -2.17. The molecule has 102 valence electrons. The van der Waals surface area contributed by atoms with Crippen LogP contribution in [0.2, 0.25) is 0 Å². The van der Waals surface area contributed by atoms with E-state index in [4.69, 9.17) is 9.47 Å². The maximum atomic E-state index is 5.86. The Hall–Kier alpha value is -0.420. The highest BCUT2D eigenvalue weighted by atomic mass is 79.9. The molecule has 0 radical (unpaired) electrons. The summed E-state index contributed by atoms with van der Waals surface area (Å²) in [6, 6.07) is 8.17. The van der Waals surface area contributed by atoms with Crippen LogP contribution in [0.15, 0.2) is 28.7 Å². The van der Waals surface area contributed by atoms with Gasteiger partial charge in [-0.25, -0.2) is 0 Å². The Bertz CT molecular complexity index is 333. The zero-order valence-electron chi connectivity index (χ0n) is 11.1. The Kier molecular flexibility index (Phi) is 8.25. The molecule has 4 heteroatoms. The highest BCUT2D eigenvalue weighted by Gasteiger charge is 2.08. The van der Waals surface area contributed by atoms with E-state index in [0.29, 0.717) is 13.2 Å². The largest absolute Gasteiger partial charge is 0.382 e. The molecule has 1 atom stereocenters. The monoisotopic (exact) mass is 315 g/mol. The Morgan fingerprint density at radius 3 is 2.89 bits per heavy atom. The fourth-order valence-electron chi connectivity index (χ4n) is 1.63. The number of nitrogens with one attached hydrogen (secondary N) is 1. The van der Waals surface area contributed by atoms with E-state index in [1.165, 1.54) is 5.56 Å². The van der Waals surface area contributed by atoms with Crippen molar-refractivity contribution in [3.63, 3.8) is 0 Å². The molecule has 0 saturated heterocycles. The van der Waals surface area contributed by atoms with Crippen molar-refractivity contribution in [2.75, 3.05) is 26.8 Å². The van der Waals surface area contributed by atoms with E-state index < -0.39 is 0 Å². The zero-order chi connectivity index (χ0) is 13.2. The summed E-state index contributed by atoms with van der Waals surface area (Å²) in [5, 5.41) is 3.35. The molecular weight excluding hydrogens is 294 g/mol. The second kappa shape index (κ2) is 9.50. The van der Waals surface area contributed by atoms with Crippen molar-refractivity contribution in [1.29, 1.82) is 0 Å². The Labute approximate surface area is 118 Å². The summed E-state index contributed by atoms with van der Waals surface area (Å²) in [6.07, 6.45) is 1.23. The van der Waals surface area contributed by atoms with Crippen molar-refractivity contribution >= 4 is 15.9 Å². The van der Waals surface area contributed by atoms with Crippen LogP contribution < -0.4 is 5.32 Å². The lowest BCUT2D eigenvalue weighted by atomic mass is 10.2. The van der Waals surface area contributed by atoms with Crippen LogP contribution in [0.5, 0.6) is 0 Å². The first kappa shape index (κ1) is 15.6. The quantitative estimate of drug-likeness (QED) is 0.711. The highest BCUT2D eigenvalue weighted by Crippen LogP contribution is 2.13. The summed E-state index contributed by atoms with van der Waals surface area (Å²) in [5.41, 5.74) is 1.17. The summed E-state index contributed by atoms with van der Waals surface area (Å²) < 4.78 is 12.1. The second-order valence-corrected chi connectivity index (χ2v) is 5.14. The second-order valence-electron chi connectivity index (χ2n) is 4.22. The molecule has 1 rings (SSSR count). The van der Waals surface area contributed by atoms with E-state index in [1.807, 2.05) is 12.1 Å². The van der Waals surface area contributed by atoms with Crippen molar-refractivity contribution in [2.45, 2.75) is 26.1 Å². The molecule has 0 saturated carbocycles. The Balaban J connectivity index is 2.36. The molecular formula is C14H22BrNO2. The van der Waals surface area contributed by atoms with Gasteiger partial charge in [-0.2, -0.15) is 0 Å². The molecule has 0 fully saturated rings. The summed E-state index contributed by atoms with van der Waals surface area (Å²) in [6.45, 7) is 5.23. The lowest BCUT2D eigenvalue weighted by molar-refractivity contribution is -0.0100. The topological polar surface area (TPSA) is 30.5 Å². The molecule has 0 heterocycles. The van der Waals surface area contributed by atoms with Crippen molar-refractivity contribution < 1.29 is 9.47 Å². The first-order valence-corrected chi connectivity index (χ1v) is 7.11. The van der Waals surface area contributed by atoms with Crippen molar-refractivity contribution in [3.8, 4) is 0 Å². The summed E-state index contributed by atoms with van der Waals surface area (Å²) in [4.78, 5) is 0. The van der Waals surface area contributed by atoms with Gasteiger partial charge in [0.25, 0.3) is 0 Å².